The van der Waals surface area contributed by atoms with Gasteiger partial charge in [-0.3, -0.25) is 9.59 Å². The van der Waals surface area contributed by atoms with Crippen LogP contribution in [0.5, 0.6) is 11.5 Å². The molecule has 1 atom stereocenters. The first-order chi connectivity index (χ1) is 11.6. The Kier molecular flexibility index (Phi) is 3.37. The largest absolute Gasteiger partial charge is 0.493 e. The molecule has 2 aliphatic heterocycles. The second-order valence-corrected chi connectivity index (χ2v) is 5.77. The van der Waals surface area contributed by atoms with E-state index < -0.39 is 6.10 Å². The molecule has 2 heterocycles. The summed E-state index contributed by atoms with van der Waals surface area (Å²) in [6.45, 7) is 2.27. The Morgan fingerprint density at radius 1 is 1.25 bits per heavy atom. The van der Waals surface area contributed by atoms with Crippen LogP contribution in [0.1, 0.15) is 22.8 Å². The number of amides is 2. The molecular formula is C18H16N2O4. The van der Waals surface area contributed by atoms with E-state index in [9.17, 15) is 9.59 Å². The number of anilines is 2. The van der Waals surface area contributed by atoms with E-state index in [1.54, 1.807) is 25.1 Å². The van der Waals surface area contributed by atoms with Crippen LogP contribution in [0.15, 0.2) is 36.4 Å². The average molecular weight is 324 g/mol. The van der Waals surface area contributed by atoms with E-state index in [0.717, 1.165) is 23.4 Å². The molecule has 2 amide bonds. The summed E-state index contributed by atoms with van der Waals surface area (Å²) in [5.41, 5.74) is 2.63. The van der Waals surface area contributed by atoms with Gasteiger partial charge in [0.05, 0.1) is 17.9 Å². The highest BCUT2D eigenvalue weighted by Crippen LogP contribution is 2.35. The van der Waals surface area contributed by atoms with E-state index in [0.29, 0.717) is 23.6 Å². The fourth-order valence-corrected chi connectivity index (χ4v) is 2.93. The van der Waals surface area contributed by atoms with Gasteiger partial charge < -0.3 is 20.1 Å². The van der Waals surface area contributed by atoms with Crippen molar-refractivity contribution in [1.82, 2.24) is 0 Å². The number of hydrogen-bond acceptors (Lipinski definition) is 4. The standard InChI is InChI=1S/C18H16N2O4/c1-10-17(21)20-14-6-2-4-12(16(14)24-10)18(22)19-13-5-3-7-15-11(13)8-9-23-15/h2-7,10H,8-9H2,1H3,(H,19,22)(H,20,21). The van der Waals surface area contributed by atoms with Crippen molar-refractivity contribution in [1.29, 1.82) is 0 Å². The number of carbonyl (C=O) groups is 2. The van der Waals surface area contributed by atoms with Crippen molar-refractivity contribution in [2.24, 2.45) is 0 Å². The molecule has 2 aromatic carbocycles. The lowest BCUT2D eigenvalue weighted by Crippen LogP contribution is -2.35. The fourth-order valence-electron chi connectivity index (χ4n) is 2.93. The third kappa shape index (κ3) is 2.36. The van der Waals surface area contributed by atoms with Gasteiger partial charge in [-0.15, -0.1) is 0 Å². The highest BCUT2D eigenvalue weighted by Gasteiger charge is 2.28. The second-order valence-electron chi connectivity index (χ2n) is 5.77. The molecule has 24 heavy (non-hydrogen) atoms. The van der Waals surface area contributed by atoms with Gasteiger partial charge in [0.15, 0.2) is 11.9 Å². The predicted molar refractivity (Wildman–Crippen MR) is 88.8 cm³/mol. The molecule has 2 aliphatic rings. The molecule has 6 heteroatoms. The number of para-hydroxylation sites is 1. The van der Waals surface area contributed by atoms with Crippen molar-refractivity contribution in [3.8, 4) is 11.5 Å². The molecular weight excluding hydrogens is 308 g/mol. The number of ether oxygens (including phenoxy) is 2. The van der Waals surface area contributed by atoms with Crippen LogP contribution < -0.4 is 20.1 Å². The Balaban J connectivity index is 1.66. The Bertz CT molecular complexity index is 847. The molecule has 6 nitrogen and oxygen atoms in total. The summed E-state index contributed by atoms with van der Waals surface area (Å²) in [7, 11) is 0. The maximum absolute atomic E-state index is 12.7. The van der Waals surface area contributed by atoms with Crippen LogP contribution >= 0.6 is 0 Å². The van der Waals surface area contributed by atoms with Crippen molar-refractivity contribution < 1.29 is 19.1 Å². The Hall–Kier alpha value is -3.02. The van der Waals surface area contributed by atoms with Crippen molar-refractivity contribution in [2.75, 3.05) is 17.2 Å². The Morgan fingerprint density at radius 2 is 2.08 bits per heavy atom. The van der Waals surface area contributed by atoms with E-state index in [2.05, 4.69) is 10.6 Å². The summed E-state index contributed by atoms with van der Waals surface area (Å²) in [4.78, 5) is 24.4. The van der Waals surface area contributed by atoms with E-state index in [1.807, 2.05) is 18.2 Å². The molecule has 0 aliphatic carbocycles. The van der Waals surface area contributed by atoms with Crippen LogP contribution in [0.25, 0.3) is 0 Å². The van der Waals surface area contributed by atoms with E-state index in [1.165, 1.54) is 0 Å². The maximum Gasteiger partial charge on any atom is 0.265 e. The SMILES string of the molecule is CC1Oc2c(cccc2C(=O)Nc2cccc3c2CCO3)NC1=O. The van der Waals surface area contributed by atoms with Crippen molar-refractivity contribution in [3.05, 3.63) is 47.5 Å². The quantitative estimate of drug-likeness (QED) is 0.890. The topological polar surface area (TPSA) is 76.7 Å². The molecule has 122 valence electrons. The van der Waals surface area contributed by atoms with Gasteiger partial charge >= 0.3 is 0 Å². The second kappa shape index (κ2) is 5.56. The number of fused-ring (bicyclic) bond motifs is 2. The molecule has 2 N–H and O–H groups in total. The lowest BCUT2D eigenvalue weighted by Gasteiger charge is -2.25. The number of carbonyl (C=O) groups excluding carboxylic acids is 2. The van der Waals surface area contributed by atoms with Gasteiger partial charge in [0, 0.05) is 17.7 Å². The number of hydrogen-bond donors (Lipinski definition) is 2. The van der Waals surface area contributed by atoms with Crippen molar-refractivity contribution in [3.63, 3.8) is 0 Å². The lowest BCUT2D eigenvalue weighted by atomic mass is 10.1. The van der Waals surface area contributed by atoms with Crippen molar-refractivity contribution in [2.45, 2.75) is 19.4 Å². The summed E-state index contributed by atoms with van der Waals surface area (Å²) < 4.78 is 11.1. The zero-order chi connectivity index (χ0) is 16.7. The molecule has 0 radical (unpaired) electrons. The van der Waals surface area contributed by atoms with Crippen LogP contribution in [0.4, 0.5) is 11.4 Å². The van der Waals surface area contributed by atoms with Crippen LogP contribution in [-0.2, 0) is 11.2 Å². The highest BCUT2D eigenvalue weighted by atomic mass is 16.5. The molecule has 2 aromatic rings. The molecule has 4 rings (SSSR count). The van der Waals surface area contributed by atoms with Crippen LogP contribution in [-0.4, -0.2) is 24.5 Å². The number of nitrogens with one attached hydrogen (secondary N) is 2. The number of benzene rings is 2. The van der Waals surface area contributed by atoms with E-state index in [-0.39, 0.29) is 11.8 Å². The average Bonchev–Trinajstić information content (AvgIpc) is 3.05. The first-order valence-corrected chi connectivity index (χ1v) is 7.80. The Morgan fingerprint density at radius 3 is 2.96 bits per heavy atom. The third-order valence-corrected chi connectivity index (χ3v) is 4.17. The summed E-state index contributed by atoms with van der Waals surface area (Å²) >= 11 is 0. The van der Waals surface area contributed by atoms with Gasteiger partial charge in [-0.05, 0) is 31.2 Å². The fraction of sp³-hybridized carbons (Fsp3) is 0.222. The predicted octanol–water partition coefficient (Wildman–Crippen LogP) is 2.59. The zero-order valence-corrected chi connectivity index (χ0v) is 13.1. The summed E-state index contributed by atoms with van der Waals surface area (Å²) in [5, 5.41) is 5.67. The number of rotatable bonds is 2. The van der Waals surface area contributed by atoms with E-state index >= 15 is 0 Å². The molecule has 0 spiro atoms. The summed E-state index contributed by atoms with van der Waals surface area (Å²) in [6.07, 6.45) is 0.128. The van der Waals surface area contributed by atoms with Gasteiger partial charge in [0.25, 0.3) is 11.8 Å². The smallest absolute Gasteiger partial charge is 0.265 e. The minimum atomic E-state index is -0.638. The highest BCUT2D eigenvalue weighted by molar-refractivity contribution is 6.09. The van der Waals surface area contributed by atoms with Crippen LogP contribution in [0, 0.1) is 0 Å². The van der Waals surface area contributed by atoms with Gasteiger partial charge in [0.2, 0.25) is 0 Å². The van der Waals surface area contributed by atoms with E-state index in [4.69, 9.17) is 9.47 Å². The normalized spacial score (nSPS) is 17.9. The lowest BCUT2D eigenvalue weighted by molar-refractivity contribution is -0.122. The third-order valence-electron chi connectivity index (χ3n) is 4.17. The van der Waals surface area contributed by atoms with Gasteiger partial charge in [0.1, 0.15) is 5.75 Å². The molecule has 1 unspecified atom stereocenters. The van der Waals surface area contributed by atoms with Gasteiger partial charge in [-0.25, -0.2) is 0 Å². The minimum absolute atomic E-state index is 0.224. The molecule has 0 aromatic heterocycles. The van der Waals surface area contributed by atoms with Crippen molar-refractivity contribution >= 4 is 23.2 Å². The summed E-state index contributed by atoms with van der Waals surface area (Å²) in [6, 6.07) is 10.7. The van der Waals surface area contributed by atoms with Gasteiger partial charge in [-0.2, -0.15) is 0 Å². The molecule has 0 saturated carbocycles. The minimum Gasteiger partial charge on any atom is -0.493 e. The van der Waals surface area contributed by atoms with Gasteiger partial charge in [-0.1, -0.05) is 12.1 Å². The molecule has 0 bridgehead atoms. The zero-order valence-electron chi connectivity index (χ0n) is 13.1. The van der Waals surface area contributed by atoms with Crippen LogP contribution in [0.2, 0.25) is 0 Å². The Labute approximate surface area is 138 Å². The first kappa shape index (κ1) is 14.6. The maximum atomic E-state index is 12.7. The van der Waals surface area contributed by atoms with Crippen LogP contribution in [0.3, 0.4) is 0 Å². The first-order valence-electron chi connectivity index (χ1n) is 7.80. The molecule has 0 saturated heterocycles. The monoisotopic (exact) mass is 324 g/mol. The summed E-state index contributed by atoms with van der Waals surface area (Å²) in [5.74, 6) is 0.694. The molecule has 0 fully saturated rings.